The molecule has 1 aliphatic carbocycles. The van der Waals surface area contributed by atoms with Gasteiger partial charge in [0.15, 0.2) is 11.5 Å². The number of hydrogen-bond donors (Lipinski definition) is 9. The van der Waals surface area contributed by atoms with E-state index in [2.05, 4.69) is 4.74 Å². The molecule has 1 aromatic rings. The SMILES string of the molecule is O=C1NC(O)(O)C(c2ccc(OC(O)(O)O)c(OC3(O)CCCC3)c2)C1(O)O. The Morgan fingerprint density at radius 3 is 2.11 bits per heavy atom. The Morgan fingerprint density at radius 2 is 1.61 bits per heavy atom. The largest absolute Gasteiger partial charge is 0.459 e. The van der Waals surface area contributed by atoms with Crippen molar-refractivity contribution in [2.24, 2.45) is 0 Å². The molecule has 0 spiro atoms. The molecule has 0 bridgehead atoms. The number of carbonyl (C=O) groups excluding carboxylic acids is 1. The van der Waals surface area contributed by atoms with Gasteiger partial charge in [0.25, 0.3) is 17.6 Å². The first-order chi connectivity index (χ1) is 12.7. The Balaban J connectivity index is 2.04. The number of rotatable bonds is 5. The van der Waals surface area contributed by atoms with Crippen LogP contribution in [-0.4, -0.2) is 70.4 Å². The van der Waals surface area contributed by atoms with Crippen LogP contribution >= 0.6 is 0 Å². The maximum absolute atomic E-state index is 11.6. The number of benzene rings is 1. The van der Waals surface area contributed by atoms with Gasteiger partial charge in [-0.05, 0) is 30.5 Å². The van der Waals surface area contributed by atoms with E-state index >= 15 is 0 Å². The molecule has 12 heteroatoms. The van der Waals surface area contributed by atoms with E-state index < -0.39 is 41.2 Å². The molecule has 1 atom stereocenters. The van der Waals surface area contributed by atoms with Crippen LogP contribution in [0.25, 0.3) is 0 Å². The van der Waals surface area contributed by atoms with Crippen molar-refractivity contribution in [1.82, 2.24) is 5.32 Å². The number of nitrogens with one attached hydrogen (secondary N) is 1. The van der Waals surface area contributed by atoms with E-state index in [4.69, 9.17) is 20.1 Å². The molecule has 28 heavy (non-hydrogen) atoms. The summed E-state index contributed by atoms with van der Waals surface area (Å²) in [5.74, 6) is -12.2. The average Bonchev–Trinajstić information content (AvgIpc) is 3.00. The van der Waals surface area contributed by atoms with E-state index in [9.17, 15) is 30.3 Å². The first-order valence-electron chi connectivity index (χ1n) is 8.37. The lowest BCUT2D eigenvalue weighted by Gasteiger charge is -2.30. The first kappa shape index (κ1) is 20.7. The molecule has 12 nitrogen and oxygen atoms in total. The molecule has 2 aliphatic rings. The monoisotopic (exact) mass is 403 g/mol. The number of hydrogen-bond acceptors (Lipinski definition) is 11. The Kier molecular flexibility index (Phi) is 4.81. The second-order valence-corrected chi connectivity index (χ2v) is 6.98. The van der Waals surface area contributed by atoms with Gasteiger partial charge in [0.05, 0.1) is 0 Å². The normalized spacial score (nSPS) is 25.4. The third-order valence-electron chi connectivity index (χ3n) is 4.67. The highest BCUT2D eigenvalue weighted by Gasteiger charge is 2.62. The molecular formula is C16H21NO11. The van der Waals surface area contributed by atoms with E-state index in [1.807, 2.05) is 0 Å². The lowest BCUT2D eigenvalue weighted by Crippen LogP contribution is -2.46. The maximum atomic E-state index is 11.6. The minimum atomic E-state index is -3.59. The highest BCUT2D eigenvalue weighted by molar-refractivity contribution is 5.88. The molecule has 156 valence electrons. The second-order valence-electron chi connectivity index (χ2n) is 6.98. The fourth-order valence-corrected chi connectivity index (χ4v) is 3.46. The Labute approximate surface area is 157 Å². The van der Waals surface area contributed by atoms with Crippen LogP contribution in [0.1, 0.15) is 37.2 Å². The van der Waals surface area contributed by atoms with Crippen LogP contribution in [0.5, 0.6) is 11.5 Å². The topological polar surface area (TPSA) is 209 Å². The van der Waals surface area contributed by atoms with Crippen LogP contribution in [0.2, 0.25) is 0 Å². The predicted octanol–water partition coefficient (Wildman–Crippen LogP) is -3.17. The molecule has 0 radical (unpaired) electrons. The fourth-order valence-electron chi connectivity index (χ4n) is 3.46. The molecule has 1 unspecified atom stereocenters. The zero-order valence-electron chi connectivity index (χ0n) is 14.4. The van der Waals surface area contributed by atoms with E-state index in [-0.39, 0.29) is 24.2 Å². The summed E-state index contributed by atoms with van der Waals surface area (Å²) < 4.78 is 10.00. The van der Waals surface area contributed by atoms with Crippen molar-refractivity contribution in [2.45, 2.75) is 55.2 Å². The summed E-state index contributed by atoms with van der Waals surface area (Å²) in [5.41, 5.74) is -0.239. The fraction of sp³-hybridized carbons (Fsp3) is 0.562. The zero-order chi connectivity index (χ0) is 21.0. The van der Waals surface area contributed by atoms with Crippen molar-refractivity contribution in [1.29, 1.82) is 0 Å². The molecule has 0 aromatic heterocycles. The van der Waals surface area contributed by atoms with Gasteiger partial charge < -0.3 is 50.3 Å². The van der Waals surface area contributed by atoms with Gasteiger partial charge in [-0.2, -0.15) is 0 Å². The van der Waals surface area contributed by atoms with Crippen molar-refractivity contribution in [2.75, 3.05) is 0 Å². The summed E-state index contributed by atoms with van der Waals surface area (Å²) in [5, 5.41) is 79.1. The summed E-state index contributed by atoms with van der Waals surface area (Å²) in [6.07, 6.45) is -1.83. The molecule has 1 aromatic carbocycles. The van der Waals surface area contributed by atoms with Gasteiger partial charge in [0.1, 0.15) is 5.92 Å². The summed E-state index contributed by atoms with van der Waals surface area (Å²) >= 11 is 0. The van der Waals surface area contributed by atoms with Gasteiger partial charge in [-0.1, -0.05) is 6.07 Å². The van der Waals surface area contributed by atoms with Crippen molar-refractivity contribution in [3.8, 4) is 11.5 Å². The summed E-state index contributed by atoms with van der Waals surface area (Å²) in [6, 6.07) is 3.00. The summed E-state index contributed by atoms with van der Waals surface area (Å²) in [6.45, 7) is 0. The standard InChI is InChI=1S/C16H21NO11/c18-12-14(20,21)11(15(22,23)17-12)8-3-4-9(28-16(24,25)26)10(7-8)27-13(19)5-1-2-6-13/h3-4,7,11,19-26H,1-2,5-6H2,(H,17,18). The van der Waals surface area contributed by atoms with Crippen LogP contribution in [0.3, 0.4) is 0 Å². The lowest BCUT2D eigenvalue weighted by molar-refractivity contribution is -0.420. The van der Waals surface area contributed by atoms with Crippen molar-refractivity contribution in [3.63, 3.8) is 0 Å². The van der Waals surface area contributed by atoms with Crippen LogP contribution < -0.4 is 14.8 Å². The van der Waals surface area contributed by atoms with Crippen molar-refractivity contribution < 1.29 is 55.1 Å². The van der Waals surface area contributed by atoms with Crippen molar-refractivity contribution >= 4 is 5.91 Å². The number of amides is 1. The zero-order valence-corrected chi connectivity index (χ0v) is 14.4. The smallest absolute Gasteiger partial charge is 0.453 e. The quantitative estimate of drug-likeness (QED) is 0.224. The minimum absolute atomic E-state index is 0.233. The molecular weight excluding hydrogens is 382 g/mol. The predicted molar refractivity (Wildman–Crippen MR) is 85.7 cm³/mol. The molecule has 1 saturated heterocycles. The Hall–Kier alpha value is -2.03. The van der Waals surface area contributed by atoms with Gasteiger partial charge in [0.2, 0.25) is 5.79 Å². The number of carbonyl (C=O) groups is 1. The molecule has 2 fully saturated rings. The van der Waals surface area contributed by atoms with E-state index in [0.717, 1.165) is 18.2 Å². The first-order valence-corrected chi connectivity index (χ1v) is 8.37. The van der Waals surface area contributed by atoms with Crippen LogP contribution in [-0.2, 0) is 4.79 Å². The lowest BCUT2D eigenvalue weighted by atomic mass is 9.90. The Morgan fingerprint density at radius 1 is 1.00 bits per heavy atom. The van der Waals surface area contributed by atoms with Gasteiger partial charge in [-0.25, -0.2) is 0 Å². The van der Waals surface area contributed by atoms with Gasteiger partial charge in [0, 0.05) is 12.8 Å². The van der Waals surface area contributed by atoms with Gasteiger partial charge >= 0.3 is 6.16 Å². The molecule has 9 N–H and O–H groups in total. The molecule has 1 amide bonds. The second kappa shape index (κ2) is 6.50. The van der Waals surface area contributed by atoms with Crippen molar-refractivity contribution in [3.05, 3.63) is 23.8 Å². The molecule has 1 aliphatic heterocycles. The average molecular weight is 403 g/mol. The number of ether oxygens (including phenoxy) is 2. The summed E-state index contributed by atoms with van der Waals surface area (Å²) in [7, 11) is 0. The highest BCUT2D eigenvalue weighted by atomic mass is 16.9. The van der Waals surface area contributed by atoms with Crippen LogP contribution in [0.4, 0.5) is 0 Å². The third-order valence-corrected chi connectivity index (χ3v) is 4.67. The van der Waals surface area contributed by atoms with Crippen LogP contribution in [0.15, 0.2) is 18.2 Å². The van der Waals surface area contributed by atoms with Crippen LogP contribution in [0, 0.1) is 0 Å². The van der Waals surface area contributed by atoms with Gasteiger partial charge in [-0.3, -0.25) is 10.1 Å². The maximum Gasteiger partial charge on any atom is 0.453 e. The minimum Gasteiger partial charge on any atom is -0.459 e. The third kappa shape index (κ3) is 3.90. The molecule has 3 rings (SSSR count). The van der Waals surface area contributed by atoms with Gasteiger partial charge in [-0.15, -0.1) is 0 Å². The molecule has 1 heterocycles. The van der Waals surface area contributed by atoms with E-state index in [1.54, 1.807) is 5.32 Å². The Bertz CT molecular complexity index is 764. The molecule has 1 saturated carbocycles. The summed E-state index contributed by atoms with van der Waals surface area (Å²) in [4.78, 5) is 11.6. The number of aliphatic hydroxyl groups is 8. The van der Waals surface area contributed by atoms with E-state index in [1.165, 1.54) is 0 Å². The van der Waals surface area contributed by atoms with E-state index in [0.29, 0.717) is 12.8 Å². The highest BCUT2D eigenvalue weighted by Crippen LogP contribution is 2.44.